The number of carbonyl (C=O) groups is 1. The Morgan fingerprint density at radius 3 is 2.65 bits per heavy atom. The highest BCUT2D eigenvalue weighted by molar-refractivity contribution is 7.99. The van der Waals surface area contributed by atoms with Crippen LogP contribution in [-0.2, 0) is 4.79 Å². The highest BCUT2D eigenvalue weighted by atomic mass is 32.2. The van der Waals surface area contributed by atoms with Crippen LogP contribution in [0, 0.1) is 6.92 Å². The molecule has 0 aliphatic rings. The van der Waals surface area contributed by atoms with Crippen molar-refractivity contribution in [2.45, 2.75) is 11.9 Å². The Balaban J connectivity index is 1.59. The summed E-state index contributed by atoms with van der Waals surface area (Å²) in [6, 6.07) is 19.1. The SMILES string of the molecule is COc1cccc(-c2ccc(SCC(=O)Nc3ccccc3C)nn2)c1. The van der Waals surface area contributed by atoms with E-state index in [4.69, 9.17) is 4.74 Å². The van der Waals surface area contributed by atoms with Crippen LogP contribution in [0.2, 0.25) is 0 Å². The number of hydrogen-bond acceptors (Lipinski definition) is 5. The molecule has 1 aromatic heterocycles. The third-order valence-electron chi connectivity index (χ3n) is 3.78. The number of para-hydroxylation sites is 1. The van der Waals surface area contributed by atoms with Gasteiger partial charge in [0, 0.05) is 11.3 Å². The molecular weight excluding hydrogens is 346 g/mol. The highest BCUT2D eigenvalue weighted by Crippen LogP contribution is 2.23. The lowest BCUT2D eigenvalue weighted by Gasteiger charge is -2.07. The van der Waals surface area contributed by atoms with Crippen LogP contribution in [0.15, 0.2) is 65.7 Å². The second-order valence-electron chi connectivity index (χ2n) is 5.64. The molecule has 26 heavy (non-hydrogen) atoms. The molecule has 0 saturated heterocycles. The summed E-state index contributed by atoms with van der Waals surface area (Å²) in [7, 11) is 1.63. The van der Waals surface area contributed by atoms with E-state index >= 15 is 0 Å². The van der Waals surface area contributed by atoms with Gasteiger partial charge in [0.25, 0.3) is 0 Å². The summed E-state index contributed by atoms with van der Waals surface area (Å²) in [6.45, 7) is 1.96. The number of benzene rings is 2. The van der Waals surface area contributed by atoms with E-state index in [9.17, 15) is 4.79 Å². The number of aryl methyl sites for hydroxylation is 1. The fraction of sp³-hybridized carbons (Fsp3) is 0.150. The molecular formula is C20H19N3O2S. The van der Waals surface area contributed by atoms with Crippen molar-refractivity contribution in [3.8, 4) is 17.0 Å². The summed E-state index contributed by atoms with van der Waals surface area (Å²) in [5.41, 5.74) is 3.56. The van der Waals surface area contributed by atoms with Crippen LogP contribution < -0.4 is 10.1 Å². The first-order valence-electron chi connectivity index (χ1n) is 8.12. The molecule has 0 spiro atoms. The van der Waals surface area contributed by atoms with E-state index in [-0.39, 0.29) is 11.7 Å². The van der Waals surface area contributed by atoms with Crippen molar-refractivity contribution in [3.63, 3.8) is 0 Å². The van der Waals surface area contributed by atoms with E-state index in [2.05, 4.69) is 15.5 Å². The third-order valence-corrected chi connectivity index (χ3v) is 4.70. The number of nitrogens with zero attached hydrogens (tertiary/aromatic N) is 2. The van der Waals surface area contributed by atoms with Crippen LogP contribution in [0.25, 0.3) is 11.3 Å². The van der Waals surface area contributed by atoms with E-state index in [0.29, 0.717) is 5.03 Å². The first-order valence-corrected chi connectivity index (χ1v) is 9.11. The molecule has 132 valence electrons. The predicted octanol–water partition coefficient (Wildman–Crippen LogP) is 4.19. The molecule has 1 amide bonds. The molecule has 0 bridgehead atoms. The predicted molar refractivity (Wildman–Crippen MR) is 105 cm³/mol. The quantitative estimate of drug-likeness (QED) is 0.664. The number of carbonyl (C=O) groups excluding carboxylic acids is 1. The lowest BCUT2D eigenvalue weighted by molar-refractivity contribution is -0.113. The first-order chi connectivity index (χ1) is 12.7. The van der Waals surface area contributed by atoms with Gasteiger partial charge in [-0.15, -0.1) is 10.2 Å². The van der Waals surface area contributed by atoms with E-state index in [1.54, 1.807) is 7.11 Å². The molecule has 0 radical (unpaired) electrons. The summed E-state index contributed by atoms with van der Waals surface area (Å²) in [5, 5.41) is 12.1. The Labute approximate surface area is 156 Å². The lowest BCUT2D eigenvalue weighted by atomic mass is 10.1. The fourth-order valence-corrected chi connectivity index (χ4v) is 2.99. The average molecular weight is 365 g/mol. The minimum atomic E-state index is -0.0667. The van der Waals surface area contributed by atoms with E-state index in [0.717, 1.165) is 28.3 Å². The van der Waals surface area contributed by atoms with Crippen LogP contribution in [0.1, 0.15) is 5.56 Å². The van der Waals surface area contributed by atoms with Crippen molar-refractivity contribution in [1.29, 1.82) is 0 Å². The average Bonchev–Trinajstić information content (AvgIpc) is 2.68. The van der Waals surface area contributed by atoms with E-state index in [1.807, 2.05) is 67.6 Å². The molecule has 3 rings (SSSR count). The van der Waals surface area contributed by atoms with Crippen molar-refractivity contribution in [2.75, 3.05) is 18.2 Å². The summed E-state index contributed by atoms with van der Waals surface area (Å²) in [6.07, 6.45) is 0. The van der Waals surface area contributed by atoms with Gasteiger partial charge in [0.2, 0.25) is 5.91 Å². The van der Waals surface area contributed by atoms with Gasteiger partial charge in [-0.1, -0.05) is 42.1 Å². The van der Waals surface area contributed by atoms with Crippen LogP contribution in [0.4, 0.5) is 5.69 Å². The number of methoxy groups -OCH3 is 1. The first kappa shape index (κ1) is 17.9. The normalized spacial score (nSPS) is 10.4. The van der Waals surface area contributed by atoms with Crippen LogP contribution >= 0.6 is 11.8 Å². The summed E-state index contributed by atoms with van der Waals surface area (Å²) in [4.78, 5) is 12.1. The molecule has 0 fully saturated rings. The number of anilines is 1. The smallest absolute Gasteiger partial charge is 0.234 e. The number of hydrogen-bond donors (Lipinski definition) is 1. The van der Waals surface area contributed by atoms with Crippen molar-refractivity contribution < 1.29 is 9.53 Å². The number of aromatic nitrogens is 2. The van der Waals surface area contributed by atoms with Gasteiger partial charge in [-0.2, -0.15) is 0 Å². The van der Waals surface area contributed by atoms with Crippen LogP contribution in [0.3, 0.4) is 0 Å². The van der Waals surface area contributed by atoms with Gasteiger partial charge in [0.05, 0.1) is 18.6 Å². The molecule has 2 aromatic carbocycles. The highest BCUT2D eigenvalue weighted by Gasteiger charge is 2.07. The summed E-state index contributed by atoms with van der Waals surface area (Å²) < 4.78 is 5.23. The van der Waals surface area contributed by atoms with E-state index in [1.165, 1.54) is 11.8 Å². The Hall–Kier alpha value is -2.86. The largest absolute Gasteiger partial charge is 0.497 e. The van der Waals surface area contributed by atoms with Gasteiger partial charge in [0.1, 0.15) is 10.8 Å². The van der Waals surface area contributed by atoms with Gasteiger partial charge >= 0.3 is 0 Å². The summed E-state index contributed by atoms with van der Waals surface area (Å²) >= 11 is 1.35. The molecule has 5 nitrogen and oxygen atoms in total. The minimum absolute atomic E-state index is 0.0667. The maximum absolute atomic E-state index is 12.1. The zero-order valence-corrected chi connectivity index (χ0v) is 15.4. The zero-order valence-electron chi connectivity index (χ0n) is 14.6. The van der Waals surface area contributed by atoms with Crippen LogP contribution in [0.5, 0.6) is 5.75 Å². The Morgan fingerprint density at radius 1 is 1.08 bits per heavy atom. The number of amides is 1. The Kier molecular flexibility index (Phi) is 5.86. The van der Waals surface area contributed by atoms with Gasteiger partial charge in [-0.05, 0) is 42.8 Å². The van der Waals surface area contributed by atoms with E-state index < -0.39 is 0 Å². The van der Waals surface area contributed by atoms with Gasteiger partial charge < -0.3 is 10.1 Å². The molecule has 0 saturated carbocycles. The van der Waals surface area contributed by atoms with Crippen molar-refractivity contribution >= 4 is 23.4 Å². The Bertz CT molecular complexity index is 898. The maximum atomic E-state index is 12.1. The number of nitrogens with one attached hydrogen (secondary N) is 1. The van der Waals surface area contributed by atoms with Crippen molar-refractivity contribution in [3.05, 3.63) is 66.2 Å². The second kappa shape index (κ2) is 8.49. The van der Waals surface area contributed by atoms with Crippen molar-refractivity contribution in [2.24, 2.45) is 0 Å². The topological polar surface area (TPSA) is 64.1 Å². The fourth-order valence-electron chi connectivity index (χ4n) is 2.37. The number of rotatable bonds is 6. The molecule has 0 atom stereocenters. The van der Waals surface area contributed by atoms with Crippen molar-refractivity contribution in [1.82, 2.24) is 10.2 Å². The molecule has 0 aliphatic carbocycles. The molecule has 1 N–H and O–H groups in total. The second-order valence-corrected chi connectivity index (χ2v) is 6.64. The molecule has 6 heteroatoms. The van der Waals surface area contributed by atoms with Gasteiger partial charge in [0.15, 0.2) is 0 Å². The molecule has 3 aromatic rings. The summed E-state index contributed by atoms with van der Waals surface area (Å²) in [5.74, 6) is 0.986. The third kappa shape index (κ3) is 4.61. The number of ether oxygens (including phenoxy) is 1. The Morgan fingerprint density at radius 2 is 1.92 bits per heavy atom. The number of thioether (sulfide) groups is 1. The van der Waals surface area contributed by atoms with Gasteiger partial charge in [-0.25, -0.2) is 0 Å². The van der Waals surface area contributed by atoms with Crippen LogP contribution in [-0.4, -0.2) is 29.0 Å². The zero-order chi connectivity index (χ0) is 18.4. The van der Waals surface area contributed by atoms with Gasteiger partial charge in [-0.3, -0.25) is 4.79 Å². The molecule has 1 heterocycles. The molecule has 0 aliphatic heterocycles. The minimum Gasteiger partial charge on any atom is -0.497 e. The maximum Gasteiger partial charge on any atom is 0.234 e. The standard InChI is InChI=1S/C20H19N3O2S/c1-14-6-3-4-9-17(14)21-19(24)13-26-20-11-10-18(22-23-20)15-7-5-8-16(12-15)25-2/h3-12H,13H2,1-2H3,(H,21,24). The monoisotopic (exact) mass is 365 g/mol. The lowest BCUT2D eigenvalue weighted by Crippen LogP contribution is -2.14. The molecule has 0 unspecified atom stereocenters.